The van der Waals surface area contributed by atoms with Crippen LogP contribution < -0.4 is 11.5 Å². The molecule has 0 saturated carbocycles. The van der Waals surface area contributed by atoms with Crippen LogP contribution in [0.3, 0.4) is 0 Å². The van der Waals surface area contributed by atoms with Crippen molar-refractivity contribution in [3.8, 4) is 0 Å². The summed E-state index contributed by atoms with van der Waals surface area (Å²) in [4.78, 5) is 9.85. The highest BCUT2D eigenvalue weighted by Gasteiger charge is 1.91. The second-order valence-corrected chi connectivity index (χ2v) is 3.25. The van der Waals surface area contributed by atoms with Gasteiger partial charge in [-0.2, -0.15) is 0 Å². The summed E-state index contributed by atoms with van der Waals surface area (Å²) in [5.41, 5.74) is 10.7. The van der Waals surface area contributed by atoms with Gasteiger partial charge in [-0.1, -0.05) is 0 Å². The summed E-state index contributed by atoms with van der Waals surface area (Å²) in [5, 5.41) is 0. The fraction of sp³-hybridized carbons (Fsp3) is 1.00. The van der Waals surface area contributed by atoms with Crippen LogP contribution in [0, 0.1) is 0 Å². The zero-order valence-electron chi connectivity index (χ0n) is 9.45. The molecule has 0 aliphatic heterocycles. The van der Waals surface area contributed by atoms with Crippen LogP contribution in [0.25, 0.3) is 0 Å². The Hall–Kier alpha value is -0.200. The third-order valence-electron chi connectivity index (χ3n) is 1.82. The van der Waals surface area contributed by atoms with Gasteiger partial charge >= 0.3 is 0 Å². The molecule has 0 amide bonds. The van der Waals surface area contributed by atoms with Gasteiger partial charge in [0.25, 0.3) is 0 Å². The Morgan fingerprint density at radius 3 is 2.07 bits per heavy atom. The molecule has 5 nitrogen and oxygen atoms in total. The molecule has 0 saturated heterocycles. The van der Waals surface area contributed by atoms with E-state index in [2.05, 4.69) is 0 Å². The monoisotopic (exact) mass is 220 g/mol. The molecule has 0 atom stereocenters. The summed E-state index contributed by atoms with van der Waals surface area (Å²) in [6.45, 7) is 3.76. The van der Waals surface area contributed by atoms with E-state index in [0.29, 0.717) is 33.0 Å². The van der Waals surface area contributed by atoms with Gasteiger partial charge in [-0.05, 0) is 38.8 Å². The molecule has 0 bridgehead atoms. The molecule has 5 heteroatoms. The Labute approximate surface area is 92.0 Å². The number of hydrogen-bond acceptors (Lipinski definition) is 5. The molecule has 15 heavy (non-hydrogen) atoms. The standard InChI is InChI=1S/C10H24N2O3/c11-5-2-1-3-8-14-15-10-9-13-7-4-6-12/h1-12H2. The number of unbranched alkanes of at least 4 members (excludes halogenated alkanes) is 2. The van der Waals surface area contributed by atoms with Crippen molar-refractivity contribution in [1.82, 2.24) is 0 Å². The lowest BCUT2D eigenvalue weighted by Gasteiger charge is -2.04. The Balaban J connectivity index is 2.81. The van der Waals surface area contributed by atoms with E-state index >= 15 is 0 Å². The van der Waals surface area contributed by atoms with Crippen molar-refractivity contribution in [2.75, 3.05) is 39.5 Å². The zero-order chi connectivity index (χ0) is 11.2. The van der Waals surface area contributed by atoms with Crippen molar-refractivity contribution in [3.05, 3.63) is 0 Å². The van der Waals surface area contributed by atoms with Crippen LogP contribution in [0.15, 0.2) is 0 Å². The van der Waals surface area contributed by atoms with Gasteiger partial charge in [0.1, 0.15) is 6.61 Å². The Morgan fingerprint density at radius 2 is 1.33 bits per heavy atom. The molecule has 0 aromatic rings. The first-order valence-corrected chi connectivity index (χ1v) is 5.64. The zero-order valence-corrected chi connectivity index (χ0v) is 9.45. The molecule has 0 heterocycles. The van der Waals surface area contributed by atoms with E-state index in [1.54, 1.807) is 0 Å². The van der Waals surface area contributed by atoms with Crippen molar-refractivity contribution in [2.24, 2.45) is 11.5 Å². The maximum atomic E-state index is 5.35. The minimum atomic E-state index is 0.474. The summed E-state index contributed by atoms with van der Waals surface area (Å²) in [6.07, 6.45) is 4.02. The molecule has 0 aromatic heterocycles. The minimum Gasteiger partial charge on any atom is -0.379 e. The molecule has 0 unspecified atom stereocenters. The third kappa shape index (κ3) is 13.8. The molecule has 0 aliphatic rings. The van der Waals surface area contributed by atoms with Gasteiger partial charge in [0, 0.05) is 6.61 Å². The number of hydrogen-bond donors (Lipinski definition) is 2. The van der Waals surface area contributed by atoms with Crippen LogP contribution in [-0.4, -0.2) is 39.5 Å². The van der Waals surface area contributed by atoms with Crippen molar-refractivity contribution in [2.45, 2.75) is 25.7 Å². The van der Waals surface area contributed by atoms with Gasteiger partial charge in [0.15, 0.2) is 0 Å². The topological polar surface area (TPSA) is 79.7 Å². The van der Waals surface area contributed by atoms with Crippen LogP contribution in [0.4, 0.5) is 0 Å². The maximum absolute atomic E-state index is 5.35. The SMILES string of the molecule is NCCCCCOOCCOCCCN. The Kier molecular flexibility index (Phi) is 13.6. The van der Waals surface area contributed by atoms with Crippen molar-refractivity contribution < 1.29 is 14.5 Å². The summed E-state index contributed by atoms with van der Waals surface area (Å²) in [7, 11) is 0. The van der Waals surface area contributed by atoms with Crippen molar-refractivity contribution >= 4 is 0 Å². The minimum absolute atomic E-state index is 0.474. The predicted molar refractivity (Wildman–Crippen MR) is 59.3 cm³/mol. The van der Waals surface area contributed by atoms with Crippen LogP contribution in [0.1, 0.15) is 25.7 Å². The average molecular weight is 220 g/mol. The largest absolute Gasteiger partial charge is 0.379 e. The second kappa shape index (κ2) is 13.8. The molecule has 0 aliphatic carbocycles. The summed E-state index contributed by atoms with van der Waals surface area (Å²) in [6, 6.07) is 0. The highest BCUT2D eigenvalue weighted by atomic mass is 17.2. The lowest BCUT2D eigenvalue weighted by molar-refractivity contribution is -0.299. The normalized spacial score (nSPS) is 10.8. The van der Waals surface area contributed by atoms with E-state index in [1.165, 1.54) is 0 Å². The number of rotatable bonds is 12. The van der Waals surface area contributed by atoms with Gasteiger partial charge in [-0.3, -0.25) is 0 Å². The highest BCUT2D eigenvalue weighted by molar-refractivity contribution is 4.39. The molecule has 92 valence electrons. The first-order chi connectivity index (χ1) is 7.41. The average Bonchev–Trinajstić information content (AvgIpc) is 2.26. The quantitative estimate of drug-likeness (QED) is 0.283. The first kappa shape index (κ1) is 14.8. The first-order valence-electron chi connectivity index (χ1n) is 5.64. The fourth-order valence-electron chi connectivity index (χ4n) is 0.980. The highest BCUT2D eigenvalue weighted by Crippen LogP contribution is 1.94. The molecule has 0 rings (SSSR count). The van der Waals surface area contributed by atoms with Gasteiger partial charge in [-0.15, -0.1) is 0 Å². The number of nitrogens with two attached hydrogens (primary N) is 2. The smallest absolute Gasteiger partial charge is 0.106 e. The Bertz CT molecular complexity index is 103. The summed E-state index contributed by atoms with van der Waals surface area (Å²) < 4.78 is 5.22. The lowest BCUT2D eigenvalue weighted by atomic mass is 10.2. The van der Waals surface area contributed by atoms with E-state index in [0.717, 1.165) is 32.2 Å². The Morgan fingerprint density at radius 1 is 0.600 bits per heavy atom. The maximum Gasteiger partial charge on any atom is 0.106 e. The molecule has 4 N–H and O–H groups in total. The number of ether oxygens (including phenoxy) is 1. The fourth-order valence-corrected chi connectivity index (χ4v) is 0.980. The van der Waals surface area contributed by atoms with Gasteiger partial charge in [0.05, 0.1) is 13.2 Å². The predicted octanol–water partition coefficient (Wildman–Crippen LogP) is 0.429. The van der Waals surface area contributed by atoms with Crippen molar-refractivity contribution in [1.29, 1.82) is 0 Å². The van der Waals surface area contributed by atoms with Crippen molar-refractivity contribution in [3.63, 3.8) is 0 Å². The lowest BCUT2D eigenvalue weighted by Crippen LogP contribution is -2.09. The summed E-state index contributed by atoms with van der Waals surface area (Å²) >= 11 is 0. The van der Waals surface area contributed by atoms with E-state index in [1.807, 2.05) is 0 Å². The molecule has 0 radical (unpaired) electrons. The molecular formula is C10H24N2O3. The van der Waals surface area contributed by atoms with Gasteiger partial charge in [0.2, 0.25) is 0 Å². The van der Waals surface area contributed by atoms with E-state index in [9.17, 15) is 0 Å². The molecule has 0 spiro atoms. The van der Waals surface area contributed by atoms with Crippen LogP contribution in [0.2, 0.25) is 0 Å². The van der Waals surface area contributed by atoms with Crippen LogP contribution in [-0.2, 0) is 14.5 Å². The van der Waals surface area contributed by atoms with Gasteiger partial charge < -0.3 is 16.2 Å². The van der Waals surface area contributed by atoms with Crippen LogP contribution >= 0.6 is 0 Å². The second-order valence-electron chi connectivity index (χ2n) is 3.25. The summed E-state index contributed by atoms with van der Waals surface area (Å²) in [5.74, 6) is 0. The molecule has 0 aromatic carbocycles. The molecular weight excluding hydrogens is 196 g/mol. The van der Waals surface area contributed by atoms with Crippen LogP contribution in [0.5, 0.6) is 0 Å². The third-order valence-corrected chi connectivity index (χ3v) is 1.82. The van der Waals surface area contributed by atoms with E-state index in [4.69, 9.17) is 26.0 Å². The van der Waals surface area contributed by atoms with Gasteiger partial charge in [-0.25, -0.2) is 9.78 Å². The molecule has 0 fully saturated rings. The van der Waals surface area contributed by atoms with E-state index < -0.39 is 0 Å². The van der Waals surface area contributed by atoms with E-state index in [-0.39, 0.29) is 0 Å².